The van der Waals surface area contributed by atoms with E-state index in [-0.39, 0.29) is 17.0 Å². The SMILES string of the molecule is Cc1ccc(N2CC(O)(c3ccc4c(c3)OCCO4)[N+]3=C2CCCCC3)cc1.[Br-]. The number of aryl methyl sites for hydroxylation is 1. The number of anilines is 1. The standard InChI is InChI=1S/C23H27N2O3.BrH/c1-17-6-9-19(10-7-17)24-16-23(26,25-12-4-2-3-5-22(24)25)18-8-11-20-21(15-18)28-14-13-27-20;/h6-11,15,26H,2-5,12-14,16H2,1H3;1H/q+1;/p-1. The lowest BCUT2D eigenvalue weighted by molar-refractivity contribution is -0.658. The highest BCUT2D eigenvalue weighted by Gasteiger charge is 2.52. The zero-order valence-corrected chi connectivity index (χ0v) is 18.3. The summed E-state index contributed by atoms with van der Waals surface area (Å²) in [6.07, 6.45) is 4.43. The van der Waals surface area contributed by atoms with Crippen molar-refractivity contribution in [1.82, 2.24) is 0 Å². The molecule has 1 unspecified atom stereocenters. The van der Waals surface area contributed by atoms with Crippen LogP contribution < -0.4 is 31.4 Å². The highest BCUT2D eigenvalue weighted by molar-refractivity contribution is 5.95. The predicted octanol–water partition coefficient (Wildman–Crippen LogP) is 0.421. The lowest BCUT2D eigenvalue weighted by Gasteiger charge is -2.26. The van der Waals surface area contributed by atoms with Gasteiger partial charge in [-0.05, 0) is 56.5 Å². The molecule has 2 aromatic rings. The first-order valence-electron chi connectivity index (χ1n) is 10.3. The van der Waals surface area contributed by atoms with E-state index in [1.807, 2.05) is 18.2 Å². The van der Waals surface area contributed by atoms with Crippen LogP contribution in [-0.4, -0.2) is 41.8 Å². The first-order chi connectivity index (χ1) is 13.6. The molecule has 0 bridgehead atoms. The van der Waals surface area contributed by atoms with Crippen molar-refractivity contribution in [3.05, 3.63) is 53.6 Å². The van der Waals surface area contributed by atoms with Crippen molar-refractivity contribution >= 4 is 11.5 Å². The van der Waals surface area contributed by atoms with E-state index >= 15 is 0 Å². The van der Waals surface area contributed by atoms with Crippen molar-refractivity contribution in [3.63, 3.8) is 0 Å². The van der Waals surface area contributed by atoms with Crippen molar-refractivity contribution in [1.29, 1.82) is 0 Å². The van der Waals surface area contributed by atoms with Crippen molar-refractivity contribution in [2.45, 2.75) is 38.3 Å². The Kier molecular flexibility index (Phi) is 5.58. The Morgan fingerprint density at radius 3 is 2.52 bits per heavy atom. The van der Waals surface area contributed by atoms with Crippen molar-refractivity contribution in [2.75, 3.05) is 31.2 Å². The first kappa shape index (κ1) is 20.2. The van der Waals surface area contributed by atoms with Gasteiger partial charge in [0.25, 0.3) is 11.6 Å². The summed E-state index contributed by atoms with van der Waals surface area (Å²) in [7, 11) is 0. The summed E-state index contributed by atoms with van der Waals surface area (Å²) in [5.74, 6) is 2.70. The van der Waals surface area contributed by atoms with Crippen LogP contribution in [0.4, 0.5) is 5.69 Å². The Morgan fingerprint density at radius 2 is 1.72 bits per heavy atom. The molecule has 3 aliphatic rings. The third-order valence-corrected chi connectivity index (χ3v) is 6.08. The highest BCUT2D eigenvalue weighted by atomic mass is 79.9. The van der Waals surface area contributed by atoms with Gasteiger partial charge in [-0.1, -0.05) is 17.7 Å². The fourth-order valence-corrected chi connectivity index (χ4v) is 4.57. The van der Waals surface area contributed by atoms with Crippen LogP contribution in [0.25, 0.3) is 0 Å². The van der Waals surface area contributed by atoms with E-state index in [2.05, 4.69) is 40.7 Å². The first-order valence-corrected chi connectivity index (χ1v) is 10.3. The number of hydrogen-bond acceptors (Lipinski definition) is 4. The minimum absolute atomic E-state index is 0. The Balaban J connectivity index is 0.00000205. The molecule has 5 nitrogen and oxygen atoms in total. The summed E-state index contributed by atoms with van der Waals surface area (Å²) in [5, 5.41) is 11.9. The fourth-order valence-electron chi connectivity index (χ4n) is 4.57. The number of rotatable bonds is 2. The maximum absolute atomic E-state index is 11.9. The molecule has 1 N–H and O–H groups in total. The molecule has 0 saturated heterocycles. The predicted molar refractivity (Wildman–Crippen MR) is 108 cm³/mol. The van der Waals surface area contributed by atoms with Gasteiger partial charge in [0.05, 0.1) is 6.54 Å². The molecular weight excluding hydrogens is 432 g/mol. The molecule has 29 heavy (non-hydrogen) atoms. The van der Waals surface area contributed by atoms with Crippen molar-refractivity contribution in [3.8, 4) is 11.5 Å². The molecule has 0 spiro atoms. The average molecular weight is 459 g/mol. The van der Waals surface area contributed by atoms with E-state index in [0.29, 0.717) is 19.8 Å². The molecule has 154 valence electrons. The van der Waals surface area contributed by atoms with Gasteiger partial charge >= 0.3 is 0 Å². The molecule has 0 fully saturated rings. The monoisotopic (exact) mass is 458 g/mol. The Morgan fingerprint density at radius 1 is 0.966 bits per heavy atom. The normalized spacial score (nSPS) is 23.3. The minimum Gasteiger partial charge on any atom is -1.00 e. The number of β-amino-alcohol motifs (C(OH)–C–C–N with tert-alkyl or cyclic N) is 1. The van der Waals surface area contributed by atoms with Crippen LogP contribution >= 0.6 is 0 Å². The van der Waals surface area contributed by atoms with Crippen molar-refractivity contribution in [2.24, 2.45) is 0 Å². The Hall–Kier alpha value is -2.05. The summed E-state index contributed by atoms with van der Waals surface area (Å²) < 4.78 is 13.7. The van der Waals surface area contributed by atoms with Gasteiger partial charge in [0, 0.05) is 12.0 Å². The van der Waals surface area contributed by atoms with E-state index in [1.165, 1.54) is 17.8 Å². The van der Waals surface area contributed by atoms with Crippen LogP contribution in [0.5, 0.6) is 11.5 Å². The van der Waals surface area contributed by atoms with Gasteiger partial charge in [0.2, 0.25) is 0 Å². The van der Waals surface area contributed by atoms with Crippen LogP contribution in [0.2, 0.25) is 0 Å². The zero-order chi connectivity index (χ0) is 19.1. The molecular formula is C23H27BrN2O3. The van der Waals surface area contributed by atoms with E-state index < -0.39 is 5.72 Å². The lowest BCUT2D eigenvalue weighted by atomic mass is 10.0. The molecule has 5 rings (SSSR count). The maximum Gasteiger partial charge on any atom is 0.271 e. The Bertz CT molecular complexity index is 928. The van der Waals surface area contributed by atoms with E-state index in [0.717, 1.165) is 48.6 Å². The second-order valence-electron chi connectivity index (χ2n) is 7.98. The van der Waals surface area contributed by atoms with Crippen LogP contribution in [0, 0.1) is 6.92 Å². The van der Waals surface area contributed by atoms with E-state index in [9.17, 15) is 5.11 Å². The third kappa shape index (κ3) is 3.53. The number of aliphatic hydroxyl groups is 1. The summed E-state index contributed by atoms with van der Waals surface area (Å²) in [6, 6.07) is 14.4. The van der Waals surface area contributed by atoms with Gasteiger partial charge < -0.3 is 31.6 Å². The van der Waals surface area contributed by atoms with Gasteiger partial charge in [0.1, 0.15) is 18.9 Å². The van der Waals surface area contributed by atoms with Gasteiger partial charge in [0.15, 0.2) is 18.0 Å². The second kappa shape index (κ2) is 8.00. The number of amidine groups is 1. The molecule has 0 radical (unpaired) electrons. The minimum atomic E-state index is -1.07. The number of hydrogen-bond donors (Lipinski definition) is 1. The maximum atomic E-state index is 11.9. The van der Waals surface area contributed by atoms with Crippen LogP contribution in [-0.2, 0) is 5.72 Å². The van der Waals surface area contributed by atoms with Gasteiger partial charge in [-0.2, -0.15) is 0 Å². The molecule has 0 aliphatic carbocycles. The number of ether oxygens (including phenoxy) is 2. The highest BCUT2D eigenvalue weighted by Crippen LogP contribution is 2.39. The number of halogens is 1. The molecule has 2 aromatic carbocycles. The number of fused-ring (bicyclic) bond motifs is 1. The lowest BCUT2D eigenvalue weighted by Crippen LogP contribution is -3.00. The van der Waals surface area contributed by atoms with Crippen LogP contribution in [0.15, 0.2) is 42.5 Å². The molecule has 3 heterocycles. The van der Waals surface area contributed by atoms with Crippen molar-refractivity contribution < 1.29 is 36.1 Å². The topological polar surface area (TPSA) is 44.9 Å². The second-order valence-corrected chi connectivity index (χ2v) is 7.98. The summed E-state index contributed by atoms with van der Waals surface area (Å²) in [5.41, 5.74) is 2.18. The average Bonchev–Trinajstić information content (AvgIpc) is 2.87. The molecule has 0 amide bonds. The van der Waals surface area contributed by atoms with Crippen LogP contribution in [0.3, 0.4) is 0 Å². The molecule has 1 atom stereocenters. The zero-order valence-electron chi connectivity index (χ0n) is 16.7. The molecule has 6 heteroatoms. The smallest absolute Gasteiger partial charge is 0.271 e. The van der Waals surface area contributed by atoms with Crippen LogP contribution in [0.1, 0.15) is 36.8 Å². The molecule has 0 aromatic heterocycles. The Labute approximate surface area is 182 Å². The third-order valence-electron chi connectivity index (χ3n) is 6.08. The number of benzene rings is 2. The van der Waals surface area contributed by atoms with E-state index in [1.54, 1.807) is 0 Å². The summed E-state index contributed by atoms with van der Waals surface area (Å²) >= 11 is 0. The van der Waals surface area contributed by atoms with Gasteiger partial charge in [-0.25, -0.2) is 9.48 Å². The molecule has 0 saturated carbocycles. The van der Waals surface area contributed by atoms with E-state index in [4.69, 9.17) is 9.47 Å². The summed E-state index contributed by atoms with van der Waals surface area (Å²) in [4.78, 5) is 2.29. The summed E-state index contributed by atoms with van der Waals surface area (Å²) in [6.45, 7) is 4.60. The van der Waals surface area contributed by atoms with Gasteiger partial charge in [-0.3, -0.25) is 0 Å². The fraction of sp³-hybridized carbons (Fsp3) is 0.435. The number of nitrogens with zero attached hydrogens (tertiary/aromatic N) is 2. The van der Waals surface area contributed by atoms with Gasteiger partial charge in [-0.15, -0.1) is 0 Å². The molecule has 3 aliphatic heterocycles. The largest absolute Gasteiger partial charge is 1.00 e. The quantitative estimate of drug-likeness (QED) is 0.662.